The largest absolute Gasteiger partial charge is 0.465 e. The molecule has 0 atom stereocenters. The maximum atomic E-state index is 12.1. The molecule has 4 aromatic rings. The molecule has 9 heteroatoms. The Morgan fingerprint density at radius 3 is 2.69 bits per heavy atom. The lowest BCUT2D eigenvalue weighted by atomic mass is 10.1. The van der Waals surface area contributed by atoms with E-state index in [0.717, 1.165) is 37.8 Å². The van der Waals surface area contributed by atoms with Crippen molar-refractivity contribution in [2.75, 3.05) is 7.11 Å². The fourth-order valence-corrected chi connectivity index (χ4v) is 5.31. The summed E-state index contributed by atoms with van der Waals surface area (Å²) in [5.74, 6) is 1.06. The molecule has 4 rings (SSSR count). The molecule has 0 saturated carbocycles. The maximum absolute atomic E-state index is 12.1. The average molecular weight is 426 g/mol. The van der Waals surface area contributed by atoms with Gasteiger partial charge < -0.3 is 9.30 Å². The topological polar surface area (TPSA) is 82.8 Å². The molecule has 1 aromatic carbocycles. The highest BCUT2D eigenvalue weighted by molar-refractivity contribution is 7.99. The third-order valence-corrected chi connectivity index (χ3v) is 6.73. The molecule has 0 saturated heterocycles. The fraction of sp³-hybridized carbons (Fsp3) is 0.250. The molecule has 0 unspecified atom stereocenters. The van der Waals surface area contributed by atoms with E-state index in [1.165, 1.54) is 30.2 Å². The van der Waals surface area contributed by atoms with Crippen LogP contribution in [0.3, 0.4) is 0 Å². The number of nitrogens with zero attached hydrogens (tertiary/aromatic N) is 5. The van der Waals surface area contributed by atoms with Crippen molar-refractivity contribution >= 4 is 39.3 Å². The predicted octanol–water partition coefficient (Wildman–Crippen LogP) is 4.35. The van der Waals surface area contributed by atoms with Gasteiger partial charge in [0.25, 0.3) is 0 Å². The number of hydrogen-bond donors (Lipinski definition) is 0. The van der Waals surface area contributed by atoms with E-state index >= 15 is 0 Å². The zero-order valence-corrected chi connectivity index (χ0v) is 18.3. The van der Waals surface area contributed by atoms with Gasteiger partial charge in [-0.3, -0.25) is 0 Å². The summed E-state index contributed by atoms with van der Waals surface area (Å²) >= 11 is 2.74. The van der Waals surface area contributed by atoms with E-state index in [-0.39, 0.29) is 5.97 Å². The van der Waals surface area contributed by atoms with Gasteiger partial charge in [-0.2, -0.15) is 0 Å². The van der Waals surface area contributed by atoms with E-state index in [0.29, 0.717) is 15.9 Å². The van der Waals surface area contributed by atoms with Gasteiger partial charge in [-0.1, -0.05) is 23.8 Å². The number of carbonyl (C=O) groups excluding carboxylic acids is 1. The van der Waals surface area contributed by atoms with Gasteiger partial charge in [0, 0.05) is 18.0 Å². The van der Waals surface area contributed by atoms with Crippen LogP contribution in [0.15, 0.2) is 34.4 Å². The van der Waals surface area contributed by atoms with Gasteiger partial charge in [-0.15, -0.1) is 21.5 Å². The minimum atomic E-state index is -0.362. The number of fused-ring (bicyclic) bond motifs is 1. The average Bonchev–Trinajstić information content (AvgIpc) is 3.21. The minimum absolute atomic E-state index is 0.362. The molecule has 0 aliphatic rings. The van der Waals surface area contributed by atoms with Crippen LogP contribution in [0.4, 0.5) is 0 Å². The summed E-state index contributed by atoms with van der Waals surface area (Å²) in [4.78, 5) is 22.5. The highest BCUT2D eigenvalue weighted by atomic mass is 32.2. The first-order valence-corrected chi connectivity index (χ1v) is 10.5. The Morgan fingerprint density at radius 1 is 1.17 bits per heavy atom. The van der Waals surface area contributed by atoms with E-state index in [2.05, 4.69) is 26.2 Å². The zero-order valence-electron chi connectivity index (χ0n) is 16.7. The van der Waals surface area contributed by atoms with Crippen LogP contribution in [0.25, 0.3) is 21.6 Å². The van der Waals surface area contributed by atoms with Gasteiger partial charge in [0.15, 0.2) is 11.0 Å². The van der Waals surface area contributed by atoms with Crippen LogP contribution in [0.1, 0.15) is 26.6 Å². The Kier molecular flexibility index (Phi) is 5.10. The van der Waals surface area contributed by atoms with Gasteiger partial charge in [-0.25, -0.2) is 14.8 Å². The summed E-state index contributed by atoms with van der Waals surface area (Å²) in [5.41, 5.74) is 2.99. The molecule has 148 valence electrons. The summed E-state index contributed by atoms with van der Waals surface area (Å²) in [5, 5.41) is 11.1. The lowest BCUT2D eigenvalue weighted by Gasteiger charge is -2.06. The summed E-state index contributed by atoms with van der Waals surface area (Å²) in [6.07, 6.45) is 0. The molecule has 0 fully saturated rings. The fourth-order valence-electron chi connectivity index (χ4n) is 3.09. The second-order valence-corrected chi connectivity index (χ2v) is 8.60. The van der Waals surface area contributed by atoms with Crippen molar-refractivity contribution in [3.05, 3.63) is 46.1 Å². The molecule has 0 radical (unpaired) electrons. The van der Waals surface area contributed by atoms with Crippen molar-refractivity contribution < 1.29 is 9.53 Å². The van der Waals surface area contributed by atoms with E-state index in [9.17, 15) is 4.79 Å². The quantitative estimate of drug-likeness (QED) is 0.355. The number of aryl methyl sites for hydroxylation is 3. The number of rotatable bonds is 4. The van der Waals surface area contributed by atoms with Crippen LogP contribution in [0, 0.1) is 20.8 Å². The lowest BCUT2D eigenvalue weighted by molar-refractivity contribution is 0.0605. The first kappa shape index (κ1) is 19.5. The Bertz CT molecular complexity index is 1250. The Labute approximate surface area is 176 Å². The molecular formula is C20H19N5O2S2. The van der Waals surface area contributed by atoms with Crippen LogP contribution in [0.2, 0.25) is 0 Å². The number of esters is 1. The van der Waals surface area contributed by atoms with E-state index < -0.39 is 0 Å². The van der Waals surface area contributed by atoms with Crippen molar-refractivity contribution in [2.24, 2.45) is 7.05 Å². The molecule has 7 nitrogen and oxygen atoms in total. The van der Waals surface area contributed by atoms with Crippen LogP contribution in [-0.2, 0) is 11.8 Å². The van der Waals surface area contributed by atoms with Crippen molar-refractivity contribution in [1.82, 2.24) is 24.7 Å². The van der Waals surface area contributed by atoms with Gasteiger partial charge >= 0.3 is 5.97 Å². The van der Waals surface area contributed by atoms with Crippen molar-refractivity contribution in [3.8, 4) is 11.4 Å². The normalized spacial score (nSPS) is 11.2. The smallest absolute Gasteiger partial charge is 0.348 e. The summed E-state index contributed by atoms with van der Waals surface area (Å²) in [6, 6.07) is 8.15. The molecule has 0 aliphatic carbocycles. The molecule has 0 N–H and O–H groups in total. The second-order valence-electron chi connectivity index (χ2n) is 6.64. The second kappa shape index (κ2) is 7.57. The van der Waals surface area contributed by atoms with Gasteiger partial charge in [0.1, 0.15) is 20.6 Å². The molecule has 0 aliphatic heterocycles. The highest BCUT2D eigenvalue weighted by Crippen LogP contribution is 2.38. The number of carbonyl (C=O) groups is 1. The molecule has 0 bridgehead atoms. The van der Waals surface area contributed by atoms with E-state index in [1.807, 2.05) is 50.6 Å². The molecule has 0 amide bonds. The van der Waals surface area contributed by atoms with Crippen molar-refractivity contribution in [1.29, 1.82) is 0 Å². The third kappa shape index (κ3) is 3.51. The summed E-state index contributed by atoms with van der Waals surface area (Å²) < 4.78 is 6.86. The Balaban J connectivity index is 1.79. The first-order valence-electron chi connectivity index (χ1n) is 8.89. The molecular weight excluding hydrogens is 406 g/mol. The molecule has 3 aromatic heterocycles. The Hall–Kier alpha value is -2.78. The number of benzene rings is 1. The minimum Gasteiger partial charge on any atom is -0.465 e. The van der Waals surface area contributed by atoms with Crippen molar-refractivity contribution in [3.63, 3.8) is 0 Å². The predicted molar refractivity (Wildman–Crippen MR) is 114 cm³/mol. The van der Waals surface area contributed by atoms with Crippen LogP contribution in [0.5, 0.6) is 0 Å². The molecule has 29 heavy (non-hydrogen) atoms. The maximum Gasteiger partial charge on any atom is 0.348 e. The monoisotopic (exact) mass is 425 g/mol. The van der Waals surface area contributed by atoms with Crippen LogP contribution >= 0.6 is 23.1 Å². The summed E-state index contributed by atoms with van der Waals surface area (Å²) in [6.45, 7) is 5.78. The molecule has 0 spiro atoms. The number of ether oxygens (including phenoxy) is 1. The van der Waals surface area contributed by atoms with Gasteiger partial charge in [0.2, 0.25) is 0 Å². The van der Waals surface area contributed by atoms with E-state index in [4.69, 9.17) is 4.74 Å². The standard InChI is InChI=1S/C20H19N5O2S2/c1-10-7-6-8-13(9-10)16-23-24-20(25(16)4)29-18-14-11(2)15(19(26)27-5)28-17(14)21-12(3)22-18/h6-9H,1-5H3. The van der Waals surface area contributed by atoms with Crippen LogP contribution in [-0.4, -0.2) is 37.8 Å². The van der Waals surface area contributed by atoms with E-state index in [1.54, 1.807) is 0 Å². The first-order chi connectivity index (χ1) is 13.9. The number of hydrogen-bond acceptors (Lipinski definition) is 8. The zero-order chi connectivity index (χ0) is 20.7. The third-order valence-electron chi connectivity index (χ3n) is 4.54. The lowest BCUT2D eigenvalue weighted by Crippen LogP contribution is -2.00. The number of methoxy groups -OCH3 is 1. The SMILES string of the molecule is COC(=O)c1sc2nc(C)nc(Sc3nnc(-c4cccc(C)c4)n3C)c2c1C. The summed E-state index contributed by atoms with van der Waals surface area (Å²) in [7, 11) is 3.32. The Morgan fingerprint density at radius 2 is 1.97 bits per heavy atom. The highest BCUT2D eigenvalue weighted by Gasteiger charge is 2.22. The van der Waals surface area contributed by atoms with Gasteiger partial charge in [0.05, 0.1) is 7.11 Å². The van der Waals surface area contributed by atoms with Crippen molar-refractivity contribution in [2.45, 2.75) is 31.0 Å². The van der Waals surface area contributed by atoms with Crippen LogP contribution < -0.4 is 0 Å². The number of aromatic nitrogens is 5. The number of thiophene rings is 1. The molecule has 3 heterocycles. The van der Waals surface area contributed by atoms with Gasteiger partial charge in [-0.05, 0) is 44.2 Å².